The summed E-state index contributed by atoms with van der Waals surface area (Å²) in [4.78, 5) is 24.8. The molecule has 0 aliphatic carbocycles. The highest BCUT2D eigenvalue weighted by Gasteiger charge is 2.18. The number of aryl methyl sites for hydroxylation is 2. The highest BCUT2D eigenvalue weighted by atomic mass is 16.6. The van der Waals surface area contributed by atoms with Crippen molar-refractivity contribution in [2.45, 2.75) is 40.7 Å². The summed E-state index contributed by atoms with van der Waals surface area (Å²) in [6.45, 7) is 9.74. The number of carbonyl (C=O) groups is 1. The van der Waals surface area contributed by atoms with Crippen molar-refractivity contribution >= 4 is 16.9 Å². The minimum absolute atomic E-state index is 0.107. The van der Waals surface area contributed by atoms with Crippen LogP contribution in [0.25, 0.3) is 11.0 Å². The third kappa shape index (κ3) is 5.00. The van der Waals surface area contributed by atoms with Crippen LogP contribution in [0, 0.1) is 19.8 Å². The standard InChI is InChI=1S/C24H26O6/c1-14(2)12-28-24(26)17(5)29-18-8-9-19-21(11-18)27-13-22(23(19)25)30-20-10-15(3)6-7-16(20)4/h6-11,13-14,17H,12H2,1-5H3/t17-/m1/s1. The quantitative estimate of drug-likeness (QED) is 0.500. The second-order valence-corrected chi connectivity index (χ2v) is 7.74. The molecule has 6 nitrogen and oxygen atoms in total. The molecule has 2 aromatic carbocycles. The van der Waals surface area contributed by atoms with Gasteiger partial charge in [-0.05, 0) is 56.0 Å². The molecule has 0 fully saturated rings. The number of carbonyl (C=O) groups excluding carboxylic acids is 1. The Morgan fingerprint density at radius 2 is 1.80 bits per heavy atom. The van der Waals surface area contributed by atoms with Crippen molar-refractivity contribution in [2.24, 2.45) is 5.92 Å². The Balaban J connectivity index is 1.80. The van der Waals surface area contributed by atoms with E-state index in [9.17, 15) is 9.59 Å². The first-order chi connectivity index (χ1) is 14.2. The number of benzene rings is 2. The van der Waals surface area contributed by atoms with Crippen LogP contribution in [0.15, 0.2) is 51.9 Å². The first-order valence-electron chi connectivity index (χ1n) is 9.88. The summed E-state index contributed by atoms with van der Waals surface area (Å²) in [5, 5.41) is 0.361. The summed E-state index contributed by atoms with van der Waals surface area (Å²) in [6.07, 6.45) is 0.510. The lowest BCUT2D eigenvalue weighted by atomic mass is 10.1. The van der Waals surface area contributed by atoms with Gasteiger partial charge < -0.3 is 18.6 Å². The summed E-state index contributed by atoms with van der Waals surface area (Å²) >= 11 is 0. The molecule has 0 spiro atoms. The lowest BCUT2D eigenvalue weighted by Crippen LogP contribution is -2.27. The van der Waals surface area contributed by atoms with Gasteiger partial charge >= 0.3 is 5.97 Å². The van der Waals surface area contributed by atoms with Crippen LogP contribution < -0.4 is 14.9 Å². The van der Waals surface area contributed by atoms with E-state index in [1.165, 1.54) is 6.26 Å². The van der Waals surface area contributed by atoms with Crippen molar-refractivity contribution in [1.82, 2.24) is 0 Å². The van der Waals surface area contributed by atoms with E-state index in [4.69, 9.17) is 18.6 Å². The van der Waals surface area contributed by atoms with Crippen LogP contribution >= 0.6 is 0 Å². The monoisotopic (exact) mass is 410 g/mol. The number of fused-ring (bicyclic) bond motifs is 1. The largest absolute Gasteiger partial charge is 0.479 e. The fraction of sp³-hybridized carbons (Fsp3) is 0.333. The minimum atomic E-state index is -0.778. The molecule has 3 rings (SSSR count). The first-order valence-corrected chi connectivity index (χ1v) is 9.88. The molecule has 30 heavy (non-hydrogen) atoms. The van der Waals surface area contributed by atoms with Crippen LogP contribution in [0.1, 0.15) is 31.9 Å². The molecular weight excluding hydrogens is 384 g/mol. The van der Waals surface area contributed by atoms with E-state index in [-0.39, 0.29) is 17.1 Å². The molecule has 1 heterocycles. The van der Waals surface area contributed by atoms with E-state index in [0.29, 0.717) is 29.1 Å². The third-order valence-electron chi connectivity index (χ3n) is 4.48. The Bertz CT molecular complexity index is 1110. The van der Waals surface area contributed by atoms with Gasteiger partial charge in [0.2, 0.25) is 11.2 Å². The predicted octanol–water partition coefficient (Wildman–Crippen LogP) is 5.17. The molecule has 0 saturated carbocycles. The van der Waals surface area contributed by atoms with Crippen molar-refractivity contribution in [3.8, 4) is 17.2 Å². The predicted molar refractivity (Wildman–Crippen MR) is 114 cm³/mol. The van der Waals surface area contributed by atoms with E-state index in [1.807, 2.05) is 45.9 Å². The van der Waals surface area contributed by atoms with Crippen molar-refractivity contribution in [2.75, 3.05) is 6.61 Å². The van der Waals surface area contributed by atoms with Gasteiger partial charge in [-0.15, -0.1) is 0 Å². The van der Waals surface area contributed by atoms with Crippen molar-refractivity contribution in [1.29, 1.82) is 0 Å². The molecule has 0 amide bonds. The topological polar surface area (TPSA) is 75.0 Å². The van der Waals surface area contributed by atoms with E-state index < -0.39 is 12.1 Å². The zero-order chi connectivity index (χ0) is 21.8. The fourth-order valence-electron chi connectivity index (χ4n) is 2.79. The fourth-order valence-corrected chi connectivity index (χ4v) is 2.79. The summed E-state index contributed by atoms with van der Waals surface area (Å²) < 4.78 is 22.2. The maximum atomic E-state index is 12.8. The Hall–Kier alpha value is -3.28. The van der Waals surface area contributed by atoms with Crippen molar-refractivity contribution in [3.05, 3.63) is 64.0 Å². The van der Waals surface area contributed by atoms with Crippen LogP contribution in [0.3, 0.4) is 0 Å². The summed E-state index contributed by atoms with van der Waals surface area (Å²) in [7, 11) is 0. The van der Waals surface area contributed by atoms with E-state index in [1.54, 1.807) is 25.1 Å². The molecular formula is C24H26O6. The van der Waals surface area contributed by atoms with Gasteiger partial charge in [0.25, 0.3) is 0 Å². The Morgan fingerprint density at radius 1 is 1.03 bits per heavy atom. The number of esters is 1. The van der Waals surface area contributed by atoms with E-state index in [2.05, 4.69) is 0 Å². The Labute approximate surface area is 175 Å². The van der Waals surface area contributed by atoms with Crippen LogP contribution in [0.4, 0.5) is 0 Å². The maximum Gasteiger partial charge on any atom is 0.347 e. The van der Waals surface area contributed by atoms with Gasteiger partial charge in [0.05, 0.1) is 12.0 Å². The van der Waals surface area contributed by atoms with Gasteiger partial charge in [0.1, 0.15) is 23.3 Å². The first kappa shape index (κ1) is 21.4. The maximum absolute atomic E-state index is 12.8. The Kier molecular flexibility index (Phi) is 6.45. The van der Waals surface area contributed by atoms with Gasteiger partial charge in [-0.25, -0.2) is 4.79 Å². The molecule has 0 bridgehead atoms. The normalized spacial score (nSPS) is 12.1. The number of ether oxygens (including phenoxy) is 3. The van der Waals surface area contributed by atoms with Gasteiger partial charge in [-0.3, -0.25) is 4.79 Å². The second kappa shape index (κ2) is 9.03. The minimum Gasteiger partial charge on any atom is -0.479 e. The lowest BCUT2D eigenvalue weighted by Gasteiger charge is -2.15. The SMILES string of the molecule is Cc1ccc(C)c(Oc2coc3cc(O[C@H](C)C(=O)OCC(C)C)ccc3c2=O)c1. The van der Waals surface area contributed by atoms with E-state index in [0.717, 1.165) is 11.1 Å². The van der Waals surface area contributed by atoms with Crippen molar-refractivity contribution < 1.29 is 23.4 Å². The van der Waals surface area contributed by atoms with Gasteiger partial charge in [0.15, 0.2) is 6.10 Å². The molecule has 0 N–H and O–H groups in total. The molecule has 0 unspecified atom stereocenters. The van der Waals surface area contributed by atoms with Gasteiger partial charge in [-0.1, -0.05) is 26.0 Å². The molecule has 0 aliphatic heterocycles. The van der Waals surface area contributed by atoms with Gasteiger partial charge in [0, 0.05) is 6.07 Å². The summed E-state index contributed by atoms with van der Waals surface area (Å²) in [5.41, 5.74) is 2.01. The number of rotatable bonds is 7. The van der Waals surface area contributed by atoms with Crippen LogP contribution in [0.2, 0.25) is 0 Å². The van der Waals surface area contributed by atoms with Gasteiger partial charge in [-0.2, -0.15) is 0 Å². The summed E-state index contributed by atoms with van der Waals surface area (Å²) in [5.74, 6) is 0.923. The molecule has 158 valence electrons. The third-order valence-corrected chi connectivity index (χ3v) is 4.48. The van der Waals surface area contributed by atoms with Crippen LogP contribution in [-0.2, 0) is 9.53 Å². The number of hydrogen-bond donors (Lipinski definition) is 0. The second-order valence-electron chi connectivity index (χ2n) is 7.74. The van der Waals surface area contributed by atoms with Crippen LogP contribution in [0.5, 0.6) is 17.2 Å². The lowest BCUT2D eigenvalue weighted by molar-refractivity contribution is -0.152. The molecule has 1 atom stereocenters. The molecule has 0 saturated heterocycles. The zero-order valence-corrected chi connectivity index (χ0v) is 17.9. The smallest absolute Gasteiger partial charge is 0.347 e. The van der Waals surface area contributed by atoms with Crippen LogP contribution in [-0.4, -0.2) is 18.7 Å². The molecule has 6 heteroatoms. The molecule has 0 aliphatic rings. The molecule has 3 aromatic rings. The Morgan fingerprint density at radius 3 is 2.53 bits per heavy atom. The highest BCUT2D eigenvalue weighted by molar-refractivity contribution is 5.79. The molecule has 1 aromatic heterocycles. The average Bonchev–Trinajstić information content (AvgIpc) is 2.70. The van der Waals surface area contributed by atoms with Crippen molar-refractivity contribution in [3.63, 3.8) is 0 Å². The zero-order valence-electron chi connectivity index (χ0n) is 17.9. The number of hydrogen-bond acceptors (Lipinski definition) is 6. The summed E-state index contributed by atoms with van der Waals surface area (Å²) in [6, 6.07) is 10.6. The highest BCUT2D eigenvalue weighted by Crippen LogP contribution is 2.27. The van der Waals surface area contributed by atoms with E-state index >= 15 is 0 Å². The average molecular weight is 410 g/mol. The molecule has 0 radical (unpaired) electrons.